The molecule has 1 aromatic heterocycles. The SMILES string of the molecule is CCN(CC)c1cc(C(=O)Nc2ccc(F)cc2)nc(C)n1. The van der Waals surface area contributed by atoms with E-state index in [4.69, 9.17) is 0 Å². The molecule has 0 spiro atoms. The number of aromatic nitrogens is 2. The molecule has 1 heterocycles. The molecule has 6 heteroatoms. The average Bonchev–Trinajstić information content (AvgIpc) is 2.50. The van der Waals surface area contributed by atoms with Gasteiger partial charge in [-0.25, -0.2) is 14.4 Å². The normalized spacial score (nSPS) is 10.4. The number of amides is 1. The molecule has 116 valence electrons. The number of nitrogens with zero attached hydrogens (tertiary/aromatic N) is 3. The van der Waals surface area contributed by atoms with E-state index in [-0.39, 0.29) is 11.7 Å². The van der Waals surface area contributed by atoms with Gasteiger partial charge in [0.25, 0.3) is 5.91 Å². The van der Waals surface area contributed by atoms with Crippen LogP contribution in [-0.4, -0.2) is 29.0 Å². The highest BCUT2D eigenvalue weighted by Crippen LogP contribution is 2.14. The Hall–Kier alpha value is -2.50. The lowest BCUT2D eigenvalue weighted by atomic mass is 10.3. The number of carbonyl (C=O) groups is 1. The summed E-state index contributed by atoms with van der Waals surface area (Å²) >= 11 is 0. The van der Waals surface area contributed by atoms with Crippen LogP contribution >= 0.6 is 0 Å². The van der Waals surface area contributed by atoms with Crippen LogP contribution in [0.4, 0.5) is 15.9 Å². The summed E-state index contributed by atoms with van der Waals surface area (Å²) in [5.74, 6) is 0.570. The van der Waals surface area contributed by atoms with E-state index < -0.39 is 0 Å². The quantitative estimate of drug-likeness (QED) is 0.922. The molecule has 22 heavy (non-hydrogen) atoms. The van der Waals surface area contributed by atoms with Crippen molar-refractivity contribution in [1.29, 1.82) is 0 Å². The number of hydrogen-bond donors (Lipinski definition) is 1. The summed E-state index contributed by atoms with van der Waals surface area (Å²) < 4.78 is 12.9. The van der Waals surface area contributed by atoms with Gasteiger partial charge < -0.3 is 10.2 Å². The zero-order valence-corrected chi connectivity index (χ0v) is 12.9. The van der Waals surface area contributed by atoms with Crippen LogP contribution < -0.4 is 10.2 Å². The first-order valence-electron chi connectivity index (χ1n) is 7.21. The Balaban J connectivity index is 2.23. The summed E-state index contributed by atoms with van der Waals surface area (Å²) in [4.78, 5) is 22.9. The maximum Gasteiger partial charge on any atom is 0.274 e. The van der Waals surface area contributed by atoms with Crippen molar-refractivity contribution in [2.45, 2.75) is 20.8 Å². The molecule has 0 bridgehead atoms. The van der Waals surface area contributed by atoms with Crippen molar-refractivity contribution in [2.75, 3.05) is 23.3 Å². The van der Waals surface area contributed by atoms with Crippen LogP contribution in [0.2, 0.25) is 0 Å². The van der Waals surface area contributed by atoms with Crippen molar-refractivity contribution in [3.05, 3.63) is 47.7 Å². The second-order valence-electron chi connectivity index (χ2n) is 4.79. The fraction of sp³-hybridized carbons (Fsp3) is 0.312. The predicted molar refractivity (Wildman–Crippen MR) is 84.7 cm³/mol. The predicted octanol–water partition coefficient (Wildman–Crippen LogP) is 3.02. The number of benzene rings is 1. The molecule has 1 aromatic carbocycles. The lowest BCUT2D eigenvalue weighted by Crippen LogP contribution is -2.24. The standard InChI is InChI=1S/C16H19FN4O/c1-4-21(5-2)15-10-14(18-11(3)19-15)16(22)20-13-8-6-12(17)7-9-13/h6-10H,4-5H2,1-3H3,(H,20,22). The summed E-state index contributed by atoms with van der Waals surface area (Å²) in [6.07, 6.45) is 0. The Labute approximate surface area is 129 Å². The average molecular weight is 302 g/mol. The van der Waals surface area contributed by atoms with E-state index in [1.54, 1.807) is 13.0 Å². The van der Waals surface area contributed by atoms with Gasteiger partial charge in [0.05, 0.1) is 0 Å². The summed E-state index contributed by atoms with van der Waals surface area (Å²) in [6, 6.07) is 7.27. The van der Waals surface area contributed by atoms with Gasteiger partial charge in [0, 0.05) is 24.8 Å². The zero-order chi connectivity index (χ0) is 16.1. The highest BCUT2D eigenvalue weighted by Gasteiger charge is 2.13. The third-order valence-electron chi connectivity index (χ3n) is 3.25. The number of anilines is 2. The Morgan fingerprint density at radius 3 is 2.41 bits per heavy atom. The number of aryl methyl sites for hydroxylation is 1. The summed E-state index contributed by atoms with van der Waals surface area (Å²) in [7, 11) is 0. The summed E-state index contributed by atoms with van der Waals surface area (Å²) in [5.41, 5.74) is 0.811. The number of carbonyl (C=O) groups excluding carboxylic acids is 1. The largest absolute Gasteiger partial charge is 0.357 e. The van der Waals surface area contributed by atoms with E-state index in [9.17, 15) is 9.18 Å². The van der Waals surface area contributed by atoms with E-state index in [2.05, 4.69) is 15.3 Å². The van der Waals surface area contributed by atoms with E-state index in [1.807, 2.05) is 18.7 Å². The van der Waals surface area contributed by atoms with Gasteiger partial charge in [-0.1, -0.05) is 0 Å². The molecule has 0 atom stereocenters. The minimum atomic E-state index is -0.348. The molecular formula is C16H19FN4O. The Morgan fingerprint density at radius 2 is 1.82 bits per heavy atom. The van der Waals surface area contributed by atoms with Gasteiger partial charge in [-0.05, 0) is 45.0 Å². The van der Waals surface area contributed by atoms with Crippen molar-refractivity contribution in [2.24, 2.45) is 0 Å². The van der Waals surface area contributed by atoms with Crippen LogP contribution in [0.3, 0.4) is 0 Å². The minimum absolute atomic E-state index is 0.290. The molecule has 5 nitrogen and oxygen atoms in total. The third kappa shape index (κ3) is 3.78. The monoisotopic (exact) mass is 302 g/mol. The number of nitrogens with one attached hydrogen (secondary N) is 1. The van der Waals surface area contributed by atoms with Gasteiger partial charge in [0.2, 0.25) is 0 Å². The van der Waals surface area contributed by atoms with Crippen molar-refractivity contribution in [3.8, 4) is 0 Å². The highest BCUT2D eigenvalue weighted by atomic mass is 19.1. The number of hydrogen-bond acceptors (Lipinski definition) is 4. The molecule has 0 radical (unpaired) electrons. The van der Waals surface area contributed by atoms with Crippen LogP contribution in [0.5, 0.6) is 0 Å². The van der Waals surface area contributed by atoms with E-state index in [1.165, 1.54) is 24.3 Å². The van der Waals surface area contributed by atoms with Crippen LogP contribution in [0.25, 0.3) is 0 Å². The first kappa shape index (κ1) is 15.9. The van der Waals surface area contributed by atoms with Gasteiger partial charge >= 0.3 is 0 Å². The third-order valence-corrected chi connectivity index (χ3v) is 3.25. The summed E-state index contributed by atoms with van der Waals surface area (Å²) in [5, 5.41) is 2.70. The van der Waals surface area contributed by atoms with Crippen LogP contribution in [0.15, 0.2) is 30.3 Å². The Kier molecular flexibility index (Phi) is 5.04. The first-order chi connectivity index (χ1) is 10.5. The van der Waals surface area contributed by atoms with Gasteiger partial charge in [-0.2, -0.15) is 0 Å². The van der Waals surface area contributed by atoms with Crippen molar-refractivity contribution in [3.63, 3.8) is 0 Å². The van der Waals surface area contributed by atoms with Crippen LogP contribution in [0.1, 0.15) is 30.2 Å². The van der Waals surface area contributed by atoms with Gasteiger partial charge in [-0.15, -0.1) is 0 Å². The second kappa shape index (κ2) is 6.98. The first-order valence-corrected chi connectivity index (χ1v) is 7.21. The Morgan fingerprint density at radius 1 is 1.18 bits per heavy atom. The molecule has 0 aliphatic heterocycles. The summed E-state index contributed by atoms with van der Waals surface area (Å²) in [6.45, 7) is 7.40. The van der Waals surface area contributed by atoms with Gasteiger partial charge in [0.15, 0.2) is 0 Å². The minimum Gasteiger partial charge on any atom is -0.357 e. The maximum absolute atomic E-state index is 12.9. The fourth-order valence-electron chi connectivity index (χ4n) is 2.11. The molecule has 0 saturated carbocycles. The van der Waals surface area contributed by atoms with Crippen LogP contribution in [-0.2, 0) is 0 Å². The lowest BCUT2D eigenvalue weighted by Gasteiger charge is -2.20. The molecule has 0 fully saturated rings. The smallest absolute Gasteiger partial charge is 0.274 e. The molecular weight excluding hydrogens is 283 g/mol. The highest BCUT2D eigenvalue weighted by molar-refractivity contribution is 6.03. The number of rotatable bonds is 5. The molecule has 2 rings (SSSR count). The second-order valence-corrected chi connectivity index (χ2v) is 4.79. The van der Waals surface area contributed by atoms with Crippen LogP contribution in [0, 0.1) is 12.7 Å². The lowest BCUT2D eigenvalue weighted by molar-refractivity contribution is 0.102. The van der Waals surface area contributed by atoms with E-state index in [0.29, 0.717) is 17.2 Å². The molecule has 1 N–H and O–H groups in total. The topological polar surface area (TPSA) is 58.1 Å². The van der Waals surface area contributed by atoms with Gasteiger partial charge in [0.1, 0.15) is 23.2 Å². The molecule has 0 unspecified atom stereocenters. The Bertz CT molecular complexity index is 654. The molecule has 0 aliphatic carbocycles. The van der Waals surface area contributed by atoms with Gasteiger partial charge in [-0.3, -0.25) is 4.79 Å². The maximum atomic E-state index is 12.9. The van der Waals surface area contributed by atoms with E-state index in [0.717, 1.165) is 18.9 Å². The fourth-order valence-corrected chi connectivity index (χ4v) is 2.11. The molecule has 1 amide bonds. The van der Waals surface area contributed by atoms with Crippen molar-refractivity contribution in [1.82, 2.24) is 9.97 Å². The van der Waals surface area contributed by atoms with Crippen molar-refractivity contribution < 1.29 is 9.18 Å². The number of halogens is 1. The molecule has 2 aromatic rings. The molecule has 0 aliphatic rings. The zero-order valence-electron chi connectivity index (χ0n) is 12.9. The molecule has 0 saturated heterocycles. The van der Waals surface area contributed by atoms with E-state index >= 15 is 0 Å². The van der Waals surface area contributed by atoms with Crippen molar-refractivity contribution >= 4 is 17.4 Å².